The zero-order chi connectivity index (χ0) is 24.1. The second-order valence-corrected chi connectivity index (χ2v) is 7.09. The van der Waals surface area contributed by atoms with Crippen LogP contribution >= 0.6 is 0 Å². The monoisotopic (exact) mass is 445 g/mol. The van der Waals surface area contributed by atoms with Crippen molar-refractivity contribution in [1.29, 1.82) is 0 Å². The van der Waals surface area contributed by atoms with Crippen molar-refractivity contribution in [3.05, 3.63) is 0 Å². The Morgan fingerprint density at radius 2 is 1.48 bits per heavy atom. The number of carbonyl (C=O) groups is 6. The van der Waals surface area contributed by atoms with Gasteiger partial charge in [0.15, 0.2) is 0 Å². The summed E-state index contributed by atoms with van der Waals surface area (Å²) < 4.78 is 0. The van der Waals surface area contributed by atoms with Gasteiger partial charge in [-0.3, -0.25) is 28.8 Å². The van der Waals surface area contributed by atoms with Gasteiger partial charge in [-0.2, -0.15) is 0 Å². The summed E-state index contributed by atoms with van der Waals surface area (Å²) in [6.45, 7) is 2.76. The van der Waals surface area contributed by atoms with E-state index in [1.807, 2.05) is 0 Å². The standard InChI is InChI=1S/C18H31N5O8/c1-3-9(2)15(23-16(29)10(19)4-7-13(25)26)18(31)22-11(5-6-12(20)24)17(30)21-8-14(27)28/h9-11,15H,3-8,19H2,1-2H3,(H2,20,24)(H,21,30)(H,22,31)(H,23,29)(H,25,26)(H,27,28). The smallest absolute Gasteiger partial charge is 0.322 e. The Morgan fingerprint density at radius 3 is 1.97 bits per heavy atom. The highest BCUT2D eigenvalue weighted by Gasteiger charge is 2.31. The molecule has 4 unspecified atom stereocenters. The first-order valence-electron chi connectivity index (χ1n) is 9.74. The number of aliphatic carboxylic acids is 2. The second-order valence-electron chi connectivity index (χ2n) is 7.09. The summed E-state index contributed by atoms with van der Waals surface area (Å²) in [5.74, 6) is -5.82. The molecule has 0 spiro atoms. The normalized spacial score (nSPS) is 14.4. The average Bonchev–Trinajstić information content (AvgIpc) is 2.69. The van der Waals surface area contributed by atoms with E-state index in [-0.39, 0.29) is 31.6 Å². The van der Waals surface area contributed by atoms with E-state index in [9.17, 15) is 28.8 Å². The lowest BCUT2D eigenvalue weighted by atomic mass is 9.97. The molecular weight excluding hydrogens is 414 g/mol. The Morgan fingerprint density at radius 1 is 0.871 bits per heavy atom. The van der Waals surface area contributed by atoms with Gasteiger partial charge in [0.2, 0.25) is 23.6 Å². The molecule has 4 amide bonds. The van der Waals surface area contributed by atoms with E-state index in [2.05, 4.69) is 16.0 Å². The van der Waals surface area contributed by atoms with Gasteiger partial charge in [0, 0.05) is 12.8 Å². The van der Waals surface area contributed by atoms with Gasteiger partial charge in [-0.25, -0.2) is 0 Å². The van der Waals surface area contributed by atoms with E-state index in [0.717, 1.165) is 0 Å². The molecule has 0 rings (SSSR count). The van der Waals surface area contributed by atoms with Gasteiger partial charge >= 0.3 is 11.9 Å². The summed E-state index contributed by atoms with van der Waals surface area (Å²) in [7, 11) is 0. The van der Waals surface area contributed by atoms with Gasteiger partial charge in [-0.1, -0.05) is 20.3 Å². The number of amides is 4. The van der Waals surface area contributed by atoms with Crippen molar-refractivity contribution in [1.82, 2.24) is 16.0 Å². The highest BCUT2D eigenvalue weighted by molar-refractivity contribution is 5.94. The van der Waals surface area contributed by atoms with Crippen LogP contribution in [0.1, 0.15) is 46.0 Å². The minimum atomic E-state index is -1.30. The molecule has 13 heteroatoms. The molecule has 0 aromatic carbocycles. The number of primary amides is 1. The molecule has 0 bridgehead atoms. The van der Waals surface area contributed by atoms with Gasteiger partial charge in [0.05, 0.1) is 6.04 Å². The highest BCUT2D eigenvalue weighted by atomic mass is 16.4. The van der Waals surface area contributed by atoms with Crippen LogP contribution in [0.3, 0.4) is 0 Å². The van der Waals surface area contributed by atoms with E-state index >= 15 is 0 Å². The average molecular weight is 445 g/mol. The maximum absolute atomic E-state index is 12.8. The lowest BCUT2D eigenvalue weighted by Crippen LogP contribution is -2.58. The number of hydrogen-bond donors (Lipinski definition) is 7. The fraction of sp³-hybridized carbons (Fsp3) is 0.667. The molecule has 0 fully saturated rings. The number of nitrogens with one attached hydrogen (secondary N) is 3. The maximum Gasteiger partial charge on any atom is 0.322 e. The van der Waals surface area contributed by atoms with Gasteiger partial charge in [0.1, 0.15) is 18.6 Å². The third-order valence-electron chi connectivity index (χ3n) is 4.53. The zero-order valence-corrected chi connectivity index (χ0v) is 17.6. The third kappa shape index (κ3) is 11.5. The largest absolute Gasteiger partial charge is 0.481 e. The molecule has 176 valence electrons. The van der Waals surface area contributed by atoms with Gasteiger partial charge in [-0.15, -0.1) is 0 Å². The molecule has 0 aromatic rings. The number of hydrogen-bond acceptors (Lipinski definition) is 7. The first kappa shape index (κ1) is 27.8. The minimum absolute atomic E-state index is 0.130. The number of carboxylic acid groups (broad SMARTS) is 2. The number of rotatable bonds is 15. The molecule has 31 heavy (non-hydrogen) atoms. The fourth-order valence-electron chi connectivity index (χ4n) is 2.48. The van der Waals surface area contributed by atoms with E-state index < -0.39 is 60.2 Å². The van der Waals surface area contributed by atoms with Gasteiger partial charge in [0.25, 0.3) is 0 Å². The molecule has 0 saturated heterocycles. The molecule has 0 radical (unpaired) electrons. The molecular formula is C18H31N5O8. The molecule has 0 aliphatic rings. The molecule has 0 saturated carbocycles. The van der Waals surface area contributed by atoms with Crippen molar-refractivity contribution in [2.24, 2.45) is 17.4 Å². The van der Waals surface area contributed by atoms with Crippen LogP contribution in [0.2, 0.25) is 0 Å². The highest BCUT2D eigenvalue weighted by Crippen LogP contribution is 2.10. The zero-order valence-electron chi connectivity index (χ0n) is 17.6. The predicted octanol–water partition coefficient (Wildman–Crippen LogP) is -2.34. The molecule has 13 nitrogen and oxygen atoms in total. The topological polar surface area (TPSA) is 231 Å². The van der Waals surface area contributed by atoms with Crippen LogP contribution in [-0.2, 0) is 28.8 Å². The Kier molecular flexibility index (Phi) is 12.5. The van der Waals surface area contributed by atoms with Crippen molar-refractivity contribution < 1.29 is 39.0 Å². The summed E-state index contributed by atoms with van der Waals surface area (Å²) in [4.78, 5) is 69.7. The molecule has 0 heterocycles. The van der Waals surface area contributed by atoms with Crippen LogP contribution in [-0.4, -0.2) is 70.5 Å². The summed E-state index contributed by atoms with van der Waals surface area (Å²) in [5, 5.41) is 24.4. The van der Waals surface area contributed by atoms with Crippen LogP contribution in [0.5, 0.6) is 0 Å². The summed E-state index contributed by atoms with van der Waals surface area (Å²) in [6, 6.07) is -3.51. The van der Waals surface area contributed by atoms with Crippen molar-refractivity contribution in [2.75, 3.05) is 6.54 Å². The lowest BCUT2D eigenvalue weighted by molar-refractivity contribution is -0.139. The molecule has 0 aromatic heterocycles. The van der Waals surface area contributed by atoms with Crippen molar-refractivity contribution >= 4 is 35.6 Å². The van der Waals surface area contributed by atoms with Crippen molar-refractivity contribution in [2.45, 2.75) is 64.1 Å². The minimum Gasteiger partial charge on any atom is -0.481 e. The molecule has 4 atom stereocenters. The Labute approximate surface area is 179 Å². The summed E-state index contributed by atoms with van der Waals surface area (Å²) >= 11 is 0. The van der Waals surface area contributed by atoms with E-state index in [1.165, 1.54) is 0 Å². The van der Waals surface area contributed by atoms with E-state index in [1.54, 1.807) is 13.8 Å². The van der Waals surface area contributed by atoms with E-state index in [0.29, 0.717) is 6.42 Å². The van der Waals surface area contributed by atoms with Gasteiger partial charge < -0.3 is 37.6 Å². The third-order valence-corrected chi connectivity index (χ3v) is 4.53. The number of nitrogens with two attached hydrogens (primary N) is 2. The first-order valence-corrected chi connectivity index (χ1v) is 9.74. The maximum atomic E-state index is 12.8. The van der Waals surface area contributed by atoms with Crippen LogP contribution in [0.15, 0.2) is 0 Å². The van der Waals surface area contributed by atoms with Crippen LogP contribution in [0.25, 0.3) is 0 Å². The first-order chi connectivity index (χ1) is 14.4. The fourth-order valence-corrected chi connectivity index (χ4v) is 2.48. The molecule has 9 N–H and O–H groups in total. The van der Waals surface area contributed by atoms with Gasteiger partial charge in [-0.05, 0) is 18.8 Å². The predicted molar refractivity (Wildman–Crippen MR) is 107 cm³/mol. The molecule has 0 aliphatic carbocycles. The quantitative estimate of drug-likeness (QED) is 0.143. The van der Waals surface area contributed by atoms with Crippen LogP contribution < -0.4 is 27.4 Å². The van der Waals surface area contributed by atoms with Crippen LogP contribution in [0, 0.1) is 5.92 Å². The molecule has 0 aliphatic heterocycles. The SMILES string of the molecule is CCC(C)C(NC(=O)C(N)CCC(=O)O)C(=O)NC(CCC(N)=O)C(=O)NCC(=O)O. The number of carbonyl (C=O) groups excluding carboxylic acids is 4. The van der Waals surface area contributed by atoms with Crippen molar-refractivity contribution in [3.8, 4) is 0 Å². The lowest BCUT2D eigenvalue weighted by Gasteiger charge is -2.27. The second kappa shape index (κ2) is 13.9. The van der Waals surface area contributed by atoms with Crippen molar-refractivity contribution in [3.63, 3.8) is 0 Å². The van der Waals surface area contributed by atoms with Crippen LogP contribution in [0.4, 0.5) is 0 Å². The summed E-state index contributed by atoms with van der Waals surface area (Å²) in [6.07, 6.45) is -0.403. The Balaban J connectivity index is 5.32. The Hall–Kier alpha value is -3.22. The Bertz CT molecular complexity index is 684. The van der Waals surface area contributed by atoms with E-state index in [4.69, 9.17) is 21.7 Å². The number of carboxylic acids is 2. The summed E-state index contributed by atoms with van der Waals surface area (Å²) in [5.41, 5.74) is 10.8.